The second kappa shape index (κ2) is 9.35. The second-order valence-electron chi connectivity index (χ2n) is 7.77. The van der Waals surface area contributed by atoms with Gasteiger partial charge in [-0.05, 0) is 61.1 Å². The van der Waals surface area contributed by atoms with Crippen molar-refractivity contribution in [3.05, 3.63) is 70.4 Å². The lowest BCUT2D eigenvalue weighted by molar-refractivity contribution is -0.384. The number of nitro benzene ring substituents is 1. The van der Waals surface area contributed by atoms with Crippen LogP contribution in [-0.4, -0.2) is 42.3 Å². The molecule has 3 aromatic rings. The van der Waals surface area contributed by atoms with Gasteiger partial charge in [-0.15, -0.1) is 0 Å². The zero-order valence-corrected chi connectivity index (χ0v) is 19.2. The molecule has 8 nitrogen and oxygen atoms in total. The molecule has 0 unspecified atom stereocenters. The van der Waals surface area contributed by atoms with Crippen molar-refractivity contribution < 1.29 is 13.3 Å². The number of anilines is 1. The van der Waals surface area contributed by atoms with Gasteiger partial charge in [0, 0.05) is 38.0 Å². The van der Waals surface area contributed by atoms with Crippen LogP contribution >= 0.6 is 11.3 Å². The fourth-order valence-corrected chi connectivity index (χ4v) is 5.99. The first-order valence-corrected chi connectivity index (χ1v) is 12.5. The summed E-state index contributed by atoms with van der Waals surface area (Å²) in [6, 6.07) is 14.2. The van der Waals surface area contributed by atoms with E-state index in [0.717, 1.165) is 40.5 Å². The molecule has 32 heavy (non-hydrogen) atoms. The highest BCUT2D eigenvalue weighted by Crippen LogP contribution is 2.30. The molecular weight excluding hydrogens is 448 g/mol. The molecule has 1 fully saturated rings. The Morgan fingerprint density at radius 3 is 2.62 bits per heavy atom. The number of non-ortho nitro benzene ring substituents is 1. The predicted octanol–water partition coefficient (Wildman–Crippen LogP) is 4.34. The van der Waals surface area contributed by atoms with Crippen molar-refractivity contribution in [2.45, 2.75) is 24.7 Å². The Bertz CT molecular complexity index is 1200. The van der Waals surface area contributed by atoms with Gasteiger partial charge in [-0.1, -0.05) is 23.5 Å². The SMILES string of the molecule is Cc1[c]ccc(-c2cnc(NCC3CCN(S(=O)(=O)c4ccc([N+](=O)[O-])cc4)CC3)s2)c1. The average Bonchev–Trinajstić information content (AvgIpc) is 3.27. The van der Waals surface area contributed by atoms with Crippen molar-refractivity contribution in [1.82, 2.24) is 9.29 Å². The Balaban J connectivity index is 1.31. The maximum atomic E-state index is 12.8. The summed E-state index contributed by atoms with van der Waals surface area (Å²) in [7, 11) is -3.65. The standard InChI is InChI=1S/C22H23N4O4S2/c1-16-3-2-4-18(13-16)21-15-24-22(31-21)23-14-17-9-11-25(12-10-17)32(29,30)20-7-5-19(6-8-20)26(27)28/h2,4-8,13,15,17H,9-12,14H2,1H3,(H,23,24). The van der Waals surface area contributed by atoms with Crippen molar-refractivity contribution in [1.29, 1.82) is 0 Å². The lowest BCUT2D eigenvalue weighted by Gasteiger charge is -2.31. The monoisotopic (exact) mass is 471 g/mol. The molecule has 0 atom stereocenters. The zero-order chi connectivity index (χ0) is 22.7. The third-order valence-corrected chi connectivity index (χ3v) is 8.45. The molecule has 1 saturated heterocycles. The average molecular weight is 472 g/mol. The first-order chi connectivity index (χ1) is 15.3. The summed E-state index contributed by atoms with van der Waals surface area (Å²) in [4.78, 5) is 15.9. The molecule has 167 valence electrons. The molecule has 4 rings (SSSR count). The molecule has 0 saturated carbocycles. The normalized spacial score (nSPS) is 15.5. The lowest BCUT2D eigenvalue weighted by Crippen LogP contribution is -2.39. The number of nitro groups is 1. The van der Waals surface area contributed by atoms with E-state index in [2.05, 4.69) is 22.4 Å². The van der Waals surface area contributed by atoms with Crippen molar-refractivity contribution in [3.63, 3.8) is 0 Å². The summed E-state index contributed by atoms with van der Waals surface area (Å²) in [6.07, 6.45) is 3.34. The summed E-state index contributed by atoms with van der Waals surface area (Å²) in [6.45, 7) is 3.60. The maximum Gasteiger partial charge on any atom is 0.269 e. The molecule has 1 aliphatic rings. The van der Waals surface area contributed by atoms with Crippen LogP contribution in [0.1, 0.15) is 18.4 Å². The van der Waals surface area contributed by atoms with Gasteiger partial charge in [-0.3, -0.25) is 10.1 Å². The van der Waals surface area contributed by atoms with Crippen molar-refractivity contribution in [3.8, 4) is 10.4 Å². The topological polar surface area (TPSA) is 105 Å². The molecule has 2 aromatic carbocycles. The van der Waals surface area contributed by atoms with Gasteiger partial charge in [0.2, 0.25) is 10.0 Å². The molecule has 1 aromatic heterocycles. The summed E-state index contributed by atoms with van der Waals surface area (Å²) in [5, 5.41) is 15.0. The molecule has 2 heterocycles. The summed E-state index contributed by atoms with van der Waals surface area (Å²) in [5.74, 6) is 0.347. The molecule has 0 spiro atoms. The van der Waals surface area contributed by atoms with E-state index in [-0.39, 0.29) is 10.6 Å². The van der Waals surface area contributed by atoms with Gasteiger partial charge in [-0.25, -0.2) is 13.4 Å². The van der Waals surface area contributed by atoms with Gasteiger partial charge < -0.3 is 5.32 Å². The van der Waals surface area contributed by atoms with E-state index in [0.29, 0.717) is 19.0 Å². The molecule has 0 aliphatic carbocycles. The van der Waals surface area contributed by atoms with Gasteiger partial charge in [-0.2, -0.15) is 4.31 Å². The minimum absolute atomic E-state index is 0.0868. The molecule has 0 amide bonds. The largest absolute Gasteiger partial charge is 0.361 e. The van der Waals surface area contributed by atoms with Crippen LogP contribution in [0.5, 0.6) is 0 Å². The predicted molar refractivity (Wildman–Crippen MR) is 124 cm³/mol. The number of hydrogen-bond donors (Lipinski definition) is 1. The molecular formula is C22H23N4O4S2. The fourth-order valence-electron chi connectivity index (χ4n) is 3.70. The number of benzene rings is 2. The third-order valence-electron chi connectivity index (χ3n) is 5.54. The van der Waals surface area contributed by atoms with E-state index >= 15 is 0 Å². The van der Waals surface area contributed by atoms with E-state index < -0.39 is 14.9 Å². The van der Waals surface area contributed by atoms with Gasteiger partial charge in [0.25, 0.3) is 5.69 Å². The first kappa shape index (κ1) is 22.4. The Labute approximate surface area is 191 Å². The summed E-state index contributed by atoms with van der Waals surface area (Å²) >= 11 is 1.60. The van der Waals surface area contributed by atoms with E-state index in [9.17, 15) is 18.5 Å². The molecule has 1 N–H and O–H groups in total. The maximum absolute atomic E-state index is 12.8. The van der Waals surface area contributed by atoms with Crippen molar-refractivity contribution >= 4 is 32.2 Å². The van der Waals surface area contributed by atoms with Crippen molar-refractivity contribution in [2.75, 3.05) is 25.0 Å². The van der Waals surface area contributed by atoms with Crippen LogP contribution in [0, 0.1) is 29.0 Å². The number of rotatable bonds is 7. The van der Waals surface area contributed by atoms with E-state index in [1.165, 1.54) is 28.6 Å². The van der Waals surface area contributed by atoms with Gasteiger partial charge in [0.05, 0.1) is 14.7 Å². The third kappa shape index (κ3) is 4.98. The summed E-state index contributed by atoms with van der Waals surface area (Å²) in [5.41, 5.74) is 2.08. The highest BCUT2D eigenvalue weighted by Gasteiger charge is 2.29. The van der Waals surface area contributed by atoms with Crippen molar-refractivity contribution in [2.24, 2.45) is 5.92 Å². The molecule has 0 bridgehead atoms. The van der Waals surface area contributed by atoms with Gasteiger partial charge >= 0.3 is 0 Å². The number of aryl methyl sites for hydroxylation is 1. The van der Waals surface area contributed by atoms with Crippen LogP contribution in [0.3, 0.4) is 0 Å². The second-order valence-corrected chi connectivity index (χ2v) is 10.7. The minimum Gasteiger partial charge on any atom is -0.361 e. The minimum atomic E-state index is -3.65. The number of piperidine rings is 1. The number of thiazole rings is 1. The number of sulfonamides is 1. The number of nitrogens with zero attached hydrogens (tertiary/aromatic N) is 3. The number of aromatic nitrogens is 1. The molecule has 10 heteroatoms. The Morgan fingerprint density at radius 1 is 1.25 bits per heavy atom. The zero-order valence-electron chi connectivity index (χ0n) is 17.5. The van der Waals surface area contributed by atoms with E-state index in [1.54, 1.807) is 11.3 Å². The van der Waals surface area contributed by atoms with Crippen LogP contribution in [0.25, 0.3) is 10.4 Å². The van der Waals surface area contributed by atoms with Gasteiger partial charge in [0.1, 0.15) is 0 Å². The van der Waals surface area contributed by atoms with Crippen LogP contribution in [-0.2, 0) is 10.0 Å². The first-order valence-electron chi connectivity index (χ1n) is 10.3. The lowest BCUT2D eigenvalue weighted by atomic mass is 9.98. The van der Waals surface area contributed by atoms with Crippen LogP contribution in [0.15, 0.2) is 53.6 Å². The Morgan fingerprint density at radius 2 is 1.97 bits per heavy atom. The van der Waals surface area contributed by atoms with E-state index in [4.69, 9.17) is 0 Å². The van der Waals surface area contributed by atoms with E-state index in [1.807, 2.05) is 25.3 Å². The number of nitrogens with one attached hydrogen (secondary N) is 1. The summed E-state index contributed by atoms with van der Waals surface area (Å²) < 4.78 is 27.2. The Hall–Kier alpha value is -2.82. The Kier molecular flexibility index (Phi) is 6.54. The number of hydrogen-bond acceptors (Lipinski definition) is 7. The highest BCUT2D eigenvalue weighted by molar-refractivity contribution is 7.89. The molecule has 1 radical (unpaired) electrons. The highest BCUT2D eigenvalue weighted by atomic mass is 32.2. The fraction of sp³-hybridized carbons (Fsp3) is 0.318. The molecule has 1 aliphatic heterocycles. The quantitative estimate of drug-likeness (QED) is 0.406. The van der Waals surface area contributed by atoms with Gasteiger partial charge in [0.15, 0.2) is 5.13 Å². The van der Waals surface area contributed by atoms with Crippen LogP contribution in [0.2, 0.25) is 0 Å². The smallest absolute Gasteiger partial charge is 0.269 e. The van der Waals surface area contributed by atoms with Crippen LogP contribution in [0.4, 0.5) is 10.8 Å². The van der Waals surface area contributed by atoms with Crippen LogP contribution < -0.4 is 5.32 Å².